The molecule has 7 rings (SSSR count). The molecule has 48 heavy (non-hydrogen) atoms. The van der Waals surface area contributed by atoms with Crippen molar-refractivity contribution in [3.8, 4) is 0 Å². The molecule has 12 nitrogen and oxygen atoms in total. The lowest BCUT2D eigenvalue weighted by Crippen LogP contribution is -2.57. The predicted octanol–water partition coefficient (Wildman–Crippen LogP) is 4.99. The lowest BCUT2D eigenvalue weighted by molar-refractivity contribution is -0.116. The van der Waals surface area contributed by atoms with Gasteiger partial charge in [-0.2, -0.15) is 0 Å². The summed E-state index contributed by atoms with van der Waals surface area (Å²) >= 11 is 2.69. The Hall–Kier alpha value is -4.25. The van der Waals surface area contributed by atoms with E-state index in [1.54, 1.807) is 31.2 Å². The number of nitrogens with zero attached hydrogens (tertiary/aromatic N) is 8. The fourth-order valence-corrected chi connectivity index (χ4v) is 8.08. The average Bonchev–Trinajstić information content (AvgIpc) is 3.69. The Kier molecular flexibility index (Phi) is 8.74. The second-order valence-corrected chi connectivity index (χ2v) is 14.9. The Balaban J connectivity index is 0.899. The van der Waals surface area contributed by atoms with Gasteiger partial charge in [-0.25, -0.2) is 23.1 Å². The van der Waals surface area contributed by atoms with Gasteiger partial charge in [-0.1, -0.05) is 41.2 Å². The zero-order valence-corrected chi connectivity index (χ0v) is 27.7. The van der Waals surface area contributed by atoms with Crippen LogP contribution in [-0.2, 0) is 22.4 Å². The highest BCUT2D eigenvalue weighted by molar-refractivity contribution is 7.15. The molecule has 2 atom stereocenters. The number of hydrogen-bond acceptors (Lipinski definition) is 12. The molecule has 0 spiro atoms. The average molecular weight is 699 g/mol. The molecule has 4 aromatic heterocycles. The fourth-order valence-electron chi connectivity index (χ4n) is 6.26. The summed E-state index contributed by atoms with van der Waals surface area (Å²) in [6.07, 6.45) is 3.67. The third kappa shape index (κ3) is 7.56. The van der Waals surface area contributed by atoms with Crippen LogP contribution < -0.4 is 20.4 Å². The number of nitrogens with one attached hydrogen (secondary N) is 2. The van der Waals surface area contributed by atoms with E-state index in [9.17, 15) is 22.8 Å². The van der Waals surface area contributed by atoms with Crippen molar-refractivity contribution in [1.29, 1.82) is 0 Å². The first-order valence-corrected chi connectivity index (χ1v) is 17.4. The highest BCUT2D eigenvalue weighted by Gasteiger charge is 2.44. The van der Waals surface area contributed by atoms with E-state index in [0.29, 0.717) is 33.3 Å². The molecule has 6 heterocycles. The van der Waals surface area contributed by atoms with Crippen LogP contribution in [0.5, 0.6) is 0 Å². The Labute approximate surface area is 282 Å². The lowest BCUT2D eigenvalue weighted by Gasteiger charge is -2.43. The minimum absolute atomic E-state index is 0.0180. The van der Waals surface area contributed by atoms with Crippen LogP contribution in [0.1, 0.15) is 65.8 Å². The molecule has 0 bridgehead atoms. The number of amides is 2. The summed E-state index contributed by atoms with van der Waals surface area (Å²) in [5.41, 5.74) is -0.142. The highest BCUT2D eigenvalue weighted by atomic mass is 32.1. The van der Waals surface area contributed by atoms with E-state index in [0.717, 1.165) is 35.7 Å². The maximum absolute atomic E-state index is 13.9. The van der Waals surface area contributed by atoms with Gasteiger partial charge in [0, 0.05) is 11.8 Å². The van der Waals surface area contributed by atoms with Gasteiger partial charge >= 0.3 is 0 Å². The van der Waals surface area contributed by atoms with Crippen molar-refractivity contribution in [1.82, 2.24) is 30.4 Å². The predicted molar refractivity (Wildman–Crippen MR) is 176 cm³/mol. The number of alkyl halides is 3. The number of halogens is 3. The summed E-state index contributed by atoms with van der Waals surface area (Å²) in [6, 6.07) is 10.4. The van der Waals surface area contributed by atoms with Crippen LogP contribution in [0.25, 0.3) is 0 Å². The topological polar surface area (TPSA) is 142 Å². The molecule has 3 aliphatic rings. The van der Waals surface area contributed by atoms with Gasteiger partial charge < -0.3 is 20.4 Å². The number of hydrogen-bond donors (Lipinski definition) is 2. The number of pyridine rings is 2. The smallest absolute Gasteiger partial charge is 0.282 e. The Morgan fingerprint density at radius 1 is 0.771 bits per heavy atom. The summed E-state index contributed by atoms with van der Waals surface area (Å²) in [6.45, 7) is 1.38. The zero-order chi connectivity index (χ0) is 33.5. The number of carbonyl (C=O) groups is 2. The summed E-state index contributed by atoms with van der Waals surface area (Å²) in [4.78, 5) is 37.7. The van der Waals surface area contributed by atoms with Crippen LogP contribution in [0.15, 0.2) is 36.4 Å². The van der Waals surface area contributed by atoms with Gasteiger partial charge in [0.25, 0.3) is 5.92 Å². The molecule has 2 saturated heterocycles. The van der Waals surface area contributed by atoms with Gasteiger partial charge in [-0.15, -0.1) is 20.4 Å². The van der Waals surface area contributed by atoms with E-state index in [4.69, 9.17) is 0 Å². The van der Waals surface area contributed by atoms with E-state index < -0.39 is 11.6 Å². The molecule has 2 aliphatic heterocycles. The van der Waals surface area contributed by atoms with Crippen molar-refractivity contribution in [2.75, 3.05) is 46.6 Å². The lowest BCUT2D eigenvalue weighted by atomic mass is 9.82. The molecule has 252 valence electrons. The third-order valence-electron chi connectivity index (χ3n) is 8.55. The number of rotatable bonds is 10. The normalized spacial score (nSPS) is 21.2. The molecule has 0 radical (unpaired) electrons. The standard InChI is InChI=1S/C31H33F3N10O2S2/c1-30(32)14-43(15-30)22-9-3-7-20(35-22)12-24(45)37-28-41-39-26(47-28)18-5-2-6-19(11-18)27-40-42-29(48-27)38-25(46)13-21-8-4-10-23(36-21)44-16-31(33,34)17-44/h3-4,7-10,18-19H,2,5-6,11-17H2,1H3,(H,37,41,45)(H,38,42,46)/t18-,19-/m0/s1. The largest absolute Gasteiger partial charge is 0.350 e. The summed E-state index contributed by atoms with van der Waals surface area (Å²) in [7, 11) is 0. The summed E-state index contributed by atoms with van der Waals surface area (Å²) in [5.74, 6) is -1.90. The Bertz CT molecular complexity index is 1670. The minimum atomic E-state index is -2.70. The summed E-state index contributed by atoms with van der Waals surface area (Å²) < 4.78 is 40.4. The van der Waals surface area contributed by atoms with Crippen molar-refractivity contribution in [2.45, 2.75) is 68.9 Å². The zero-order valence-electron chi connectivity index (χ0n) is 26.0. The molecule has 0 aromatic carbocycles. The fraction of sp³-hybridized carbons (Fsp3) is 0.484. The second-order valence-electron chi connectivity index (χ2n) is 12.9. The molecular formula is C31H33F3N10O2S2. The van der Waals surface area contributed by atoms with Crippen LogP contribution in [0.2, 0.25) is 0 Å². The first-order chi connectivity index (χ1) is 23.0. The molecule has 4 aromatic rings. The second kappa shape index (κ2) is 13.0. The van der Waals surface area contributed by atoms with Gasteiger partial charge in [0.2, 0.25) is 22.1 Å². The molecule has 0 unspecified atom stereocenters. The van der Waals surface area contributed by atoms with Crippen LogP contribution >= 0.6 is 22.7 Å². The first-order valence-electron chi connectivity index (χ1n) is 15.7. The van der Waals surface area contributed by atoms with E-state index in [-0.39, 0.29) is 62.7 Å². The third-order valence-corrected chi connectivity index (χ3v) is 10.5. The van der Waals surface area contributed by atoms with Crippen molar-refractivity contribution in [3.05, 3.63) is 57.8 Å². The number of aromatic nitrogens is 6. The van der Waals surface area contributed by atoms with Crippen molar-refractivity contribution in [2.24, 2.45) is 0 Å². The molecule has 2 N–H and O–H groups in total. The van der Waals surface area contributed by atoms with Gasteiger partial charge in [0.05, 0.1) is 50.4 Å². The minimum Gasteiger partial charge on any atom is -0.350 e. The maximum atomic E-state index is 13.9. The summed E-state index contributed by atoms with van der Waals surface area (Å²) in [5, 5.41) is 25.2. The van der Waals surface area contributed by atoms with E-state index in [2.05, 4.69) is 41.0 Å². The van der Waals surface area contributed by atoms with E-state index >= 15 is 0 Å². The van der Waals surface area contributed by atoms with Crippen LogP contribution in [0, 0.1) is 0 Å². The van der Waals surface area contributed by atoms with E-state index in [1.165, 1.54) is 27.6 Å². The Morgan fingerprint density at radius 3 is 1.71 bits per heavy atom. The van der Waals surface area contributed by atoms with Crippen molar-refractivity contribution < 1.29 is 22.8 Å². The molecule has 3 fully saturated rings. The first kappa shape index (κ1) is 32.3. The quantitative estimate of drug-likeness (QED) is 0.233. The van der Waals surface area contributed by atoms with E-state index in [1.807, 2.05) is 17.0 Å². The molecule has 1 saturated carbocycles. The molecule has 17 heteroatoms. The highest BCUT2D eigenvalue weighted by Crippen LogP contribution is 2.43. The Morgan fingerprint density at radius 2 is 1.25 bits per heavy atom. The van der Waals surface area contributed by atoms with Crippen LogP contribution in [0.4, 0.5) is 35.1 Å². The number of carbonyl (C=O) groups excluding carboxylic acids is 2. The molecule has 2 amide bonds. The van der Waals surface area contributed by atoms with Crippen molar-refractivity contribution >= 4 is 56.4 Å². The van der Waals surface area contributed by atoms with Crippen LogP contribution in [-0.4, -0.2) is 79.9 Å². The van der Waals surface area contributed by atoms with Gasteiger partial charge in [0.15, 0.2) is 0 Å². The van der Waals surface area contributed by atoms with Gasteiger partial charge in [-0.05, 0) is 50.5 Å². The van der Waals surface area contributed by atoms with Gasteiger partial charge in [0.1, 0.15) is 27.3 Å². The van der Waals surface area contributed by atoms with Gasteiger partial charge in [-0.3, -0.25) is 9.59 Å². The monoisotopic (exact) mass is 698 g/mol. The van der Waals surface area contributed by atoms with Crippen molar-refractivity contribution in [3.63, 3.8) is 0 Å². The van der Waals surface area contributed by atoms with Crippen LogP contribution in [0.3, 0.4) is 0 Å². The number of anilines is 4. The molecular weight excluding hydrogens is 666 g/mol. The maximum Gasteiger partial charge on any atom is 0.282 e. The SMILES string of the molecule is CC1(F)CN(c2cccc(CC(=O)Nc3nnc([C@H]4CCC[C@H](c5nnc(NC(=O)Cc6cccc(N7CC(F)(F)C7)n6)s5)C4)s3)n2)C1. The molecule has 1 aliphatic carbocycles.